The van der Waals surface area contributed by atoms with E-state index in [2.05, 4.69) is 47.8 Å². The van der Waals surface area contributed by atoms with Crippen LogP contribution >= 0.6 is 0 Å². The second-order valence-corrected chi connectivity index (χ2v) is 6.81. The van der Waals surface area contributed by atoms with Gasteiger partial charge < -0.3 is 10.2 Å². The molecule has 0 radical (unpaired) electrons. The summed E-state index contributed by atoms with van der Waals surface area (Å²) in [7, 11) is 2.10. The monoisotopic (exact) mass is 276 g/mol. The van der Waals surface area contributed by atoms with E-state index in [1.165, 1.54) is 49.3 Å². The van der Waals surface area contributed by atoms with Crippen LogP contribution in [0.1, 0.15) is 50.8 Å². The molecule has 0 amide bonds. The second-order valence-electron chi connectivity index (χ2n) is 6.81. The largest absolute Gasteiger partial charge is 0.353 e. The first-order chi connectivity index (χ1) is 9.58. The summed E-state index contributed by atoms with van der Waals surface area (Å²) in [6.07, 6.45) is 5.31. The van der Waals surface area contributed by atoms with Crippen LogP contribution in [0.2, 0.25) is 0 Å². The molecule has 1 aliphatic heterocycles. The van der Waals surface area contributed by atoms with Crippen molar-refractivity contribution < 1.29 is 0 Å². The van der Waals surface area contributed by atoms with E-state index >= 15 is 0 Å². The Labute approximate surface area is 122 Å². The predicted molar refractivity (Wildman–Crippen MR) is 83.0 cm³/mol. The van der Waals surface area contributed by atoms with Crippen LogP contribution < -0.4 is 10.2 Å². The SMILES string of the molecule is Cc1nn(C)c(N2CCCC2C(C)C)c1CNC1CC1. The number of aryl methyl sites for hydroxylation is 2. The third kappa shape index (κ3) is 2.58. The molecule has 4 heteroatoms. The van der Waals surface area contributed by atoms with Gasteiger partial charge in [-0.1, -0.05) is 13.8 Å². The molecule has 4 nitrogen and oxygen atoms in total. The minimum absolute atomic E-state index is 0.671. The van der Waals surface area contributed by atoms with Crippen LogP contribution in [-0.2, 0) is 13.6 Å². The van der Waals surface area contributed by atoms with Gasteiger partial charge in [0.25, 0.3) is 0 Å². The maximum atomic E-state index is 4.68. The van der Waals surface area contributed by atoms with Crippen molar-refractivity contribution in [2.45, 2.75) is 65.1 Å². The highest BCUT2D eigenvalue weighted by Gasteiger charge is 2.32. The number of hydrogen-bond donors (Lipinski definition) is 1. The Bertz CT molecular complexity index is 473. The fraction of sp³-hybridized carbons (Fsp3) is 0.812. The lowest BCUT2D eigenvalue weighted by Crippen LogP contribution is -2.35. The van der Waals surface area contributed by atoms with Crippen LogP contribution in [0.5, 0.6) is 0 Å². The molecule has 1 unspecified atom stereocenters. The van der Waals surface area contributed by atoms with Gasteiger partial charge in [-0.2, -0.15) is 5.10 Å². The van der Waals surface area contributed by atoms with Crippen molar-refractivity contribution in [1.29, 1.82) is 0 Å². The molecular weight excluding hydrogens is 248 g/mol. The Morgan fingerprint density at radius 1 is 1.30 bits per heavy atom. The molecule has 2 fully saturated rings. The first kappa shape index (κ1) is 13.9. The third-order valence-electron chi connectivity index (χ3n) is 4.80. The Kier molecular flexibility index (Phi) is 3.76. The minimum Gasteiger partial charge on any atom is -0.353 e. The van der Waals surface area contributed by atoms with E-state index in [1.54, 1.807) is 0 Å². The molecule has 2 heterocycles. The zero-order valence-corrected chi connectivity index (χ0v) is 13.3. The molecule has 1 saturated heterocycles. The van der Waals surface area contributed by atoms with Crippen LogP contribution in [0, 0.1) is 12.8 Å². The summed E-state index contributed by atoms with van der Waals surface area (Å²) in [5.41, 5.74) is 2.59. The first-order valence-corrected chi connectivity index (χ1v) is 8.10. The summed E-state index contributed by atoms with van der Waals surface area (Å²) in [5, 5.41) is 8.34. The van der Waals surface area contributed by atoms with Gasteiger partial charge in [-0.05, 0) is 38.5 Å². The van der Waals surface area contributed by atoms with Crippen LogP contribution in [0.25, 0.3) is 0 Å². The molecule has 1 N–H and O–H groups in total. The maximum absolute atomic E-state index is 4.68. The fourth-order valence-electron chi connectivity index (χ4n) is 3.54. The summed E-state index contributed by atoms with van der Waals surface area (Å²) < 4.78 is 2.10. The van der Waals surface area contributed by atoms with Crippen molar-refractivity contribution in [2.24, 2.45) is 13.0 Å². The lowest BCUT2D eigenvalue weighted by molar-refractivity contribution is 0.483. The average molecular weight is 276 g/mol. The predicted octanol–water partition coefficient (Wildman–Crippen LogP) is 2.61. The van der Waals surface area contributed by atoms with Crippen molar-refractivity contribution in [3.63, 3.8) is 0 Å². The van der Waals surface area contributed by atoms with Crippen LogP contribution in [0.15, 0.2) is 0 Å². The minimum atomic E-state index is 0.671. The van der Waals surface area contributed by atoms with E-state index in [4.69, 9.17) is 0 Å². The normalized spacial score (nSPS) is 23.1. The van der Waals surface area contributed by atoms with Crippen LogP contribution in [0.4, 0.5) is 5.82 Å². The van der Waals surface area contributed by atoms with E-state index in [0.29, 0.717) is 12.0 Å². The smallest absolute Gasteiger partial charge is 0.131 e. The Balaban J connectivity index is 1.86. The highest BCUT2D eigenvalue weighted by Crippen LogP contribution is 2.33. The quantitative estimate of drug-likeness (QED) is 0.897. The van der Waals surface area contributed by atoms with Crippen molar-refractivity contribution in [1.82, 2.24) is 15.1 Å². The van der Waals surface area contributed by atoms with Crippen LogP contribution in [0.3, 0.4) is 0 Å². The lowest BCUT2D eigenvalue weighted by atomic mass is 10.0. The number of hydrogen-bond acceptors (Lipinski definition) is 3. The standard InChI is InChI=1S/C16H28N4/c1-11(2)15-6-5-9-20(15)16-14(10-17-13-7-8-13)12(3)18-19(16)4/h11,13,15,17H,5-10H2,1-4H3. The summed E-state index contributed by atoms with van der Waals surface area (Å²) >= 11 is 0. The zero-order valence-electron chi connectivity index (χ0n) is 13.3. The molecule has 20 heavy (non-hydrogen) atoms. The number of nitrogens with one attached hydrogen (secondary N) is 1. The first-order valence-electron chi connectivity index (χ1n) is 8.10. The van der Waals surface area contributed by atoms with Gasteiger partial charge in [-0.25, -0.2) is 0 Å². The van der Waals surface area contributed by atoms with E-state index in [1.807, 2.05) is 0 Å². The summed E-state index contributed by atoms with van der Waals surface area (Å²) in [4.78, 5) is 2.61. The molecular formula is C16H28N4. The summed E-state index contributed by atoms with van der Waals surface area (Å²) in [5.74, 6) is 2.06. The number of anilines is 1. The van der Waals surface area contributed by atoms with Gasteiger partial charge in [0, 0.05) is 37.8 Å². The second kappa shape index (κ2) is 5.40. The molecule has 3 rings (SSSR count). The van der Waals surface area contributed by atoms with Gasteiger partial charge in [0.15, 0.2) is 0 Å². The third-order valence-corrected chi connectivity index (χ3v) is 4.80. The molecule has 2 aliphatic rings. The highest BCUT2D eigenvalue weighted by molar-refractivity contribution is 5.52. The molecule has 1 saturated carbocycles. The van der Waals surface area contributed by atoms with Crippen molar-refractivity contribution in [3.8, 4) is 0 Å². The van der Waals surface area contributed by atoms with Gasteiger partial charge in [-0.3, -0.25) is 4.68 Å². The van der Waals surface area contributed by atoms with Gasteiger partial charge in [0.2, 0.25) is 0 Å². The Morgan fingerprint density at radius 2 is 2.05 bits per heavy atom. The van der Waals surface area contributed by atoms with Gasteiger partial charge in [0.1, 0.15) is 5.82 Å². The Morgan fingerprint density at radius 3 is 2.70 bits per heavy atom. The molecule has 0 spiro atoms. The van der Waals surface area contributed by atoms with Crippen molar-refractivity contribution in [2.75, 3.05) is 11.4 Å². The topological polar surface area (TPSA) is 33.1 Å². The molecule has 112 valence electrons. The molecule has 0 bridgehead atoms. The number of aromatic nitrogens is 2. The van der Waals surface area contributed by atoms with E-state index in [-0.39, 0.29) is 0 Å². The van der Waals surface area contributed by atoms with E-state index in [9.17, 15) is 0 Å². The van der Waals surface area contributed by atoms with Gasteiger partial charge in [-0.15, -0.1) is 0 Å². The molecule has 1 aromatic rings. The van der Waals surface area contributed by atoms with E-state index in [0.717, 1.165) is 12.6 Å². The maximum Gasteiger partial charge on any atom is 0.131 e. The zero-order chi connectivity index (χ0) is 14.3. The Hall–Kier alpha value is -1.03. The number of nitrogens with zero attached hydrogens (tertiary/aromatic N) is 3. The molecule has 1 aliphatic carbocycles. The fourth-order valence-corrected chi connectivity index (χ4v) is 3.54. The number of rotatable bonds is 5. The highest BCUT2D eigenvalue weighted by atomic mass is 15.4. The lowest BCUT2D eigenvalue weighted by Gasteiger charge is -2.30. The van der Waals surface area contributed by atoms with Gasteiger partial charge >= 0.3 is 0 Å². The van der Waals surface area contributed by atoms with Gasteiger partial charge in [0.05, 0.1) is 5.69 Å². The summed E-state index contributed by atoms with van der Waals surface area (Å²) in [6, 6.07) is 1.42. The van der Waals surface area contributed by atoms with Crippen LogP contribution in [-0.4, -0.2) is 28.4 Å². The van der Waals surface area contributed by atoms with Crippen molar-refractivity contribution in [3.05, 3.63) is 11.3 Å². The van der Waals surface area contributed by atoms with Crippen molar-refractivity contribution >= 4 is 5.82 Å². The van der Waals surface area contributed by atoms with E-state index < -0.39 is 0 Å². The summed E-state index contributed by atoms with van der Waals surface area (Å²) in [6.45, 7) is 8.98. The molecule has 0 aromatic carbocycles. The molecule has 1 atom stereocenters. The molecule has 1 aromatic heterocycles. The average Bonchev–Trinajstić information content (AvgIpc) is 3.00.